The average Bonchev–Trinajstić information content (AvgIpc) is 3.42. The summed E-state index contributed by atoms with van der Waals surface area (Å²) in [5.74, 6) is 3.06. The number of ether oxygens (including phenoxy) is 2. The fourth-order valence-corrected chi connectivity index (χ4v) is 4.77. The summed E-state index contributed by atoms with van der Waals surface area (Å²) >= 11 is 8.12. The Hall–Kier alpha value is -2.09. The third-order valence-electron chi connectivity index (χ3n) is 5.18. The molecule has 0 saturated carbocycles. The lowest BCUT2D eigenvalue weighted by Gasteiger charge is -2.31. The number of fused-ring (bicyclic) bond motifs is 1. The smallest absolute Gasteiger partial charge is 0.257 e. The first-order valence-electron chi connectivity index (χ1n) is 9.36. The van der Waals surface area contributed by atoms with Gasteiger partial charge in [-0.05, 0) is 50.1 Å². The summed E-state index contributed by atoms with van der Waals surface area (Å²) in [6.07, 6.45) is 2.14. The number of aryl methyl sites for hydroxylation is 1. The highest BCUT2D eigenvalue weighted by Crippen LogP contribution is 2.38. The van der Waals surface area contributed by atoms with Gasteiger partial charge >= 0.3 is 0 Å². The normalized spacial score (nSPS) is 19.3. The van der Waals surface area contributed by atoms with Crippen molar-refractivity contribution in [1.82, 2.24) is 15.1 Å². The third-order valence-corrected chi connectivity index (χ3v) is 6.52. The standard InChI is InChI=1S/C20H20ClN3O3S/c1-12-4-5-18(28-12)20-23-22-19(27-20)13-3-2-6-24(9-13)10-14-7-16-17(8-15(14)21)26-11-25-16/h4-5,7-8,13H,2-3,6,9-11H2,1H3. The predicted molar refractivity (Wildman–Crippen MR) is 107 cm³/mol. The molecule has 3 aromatic rings. The highest BCUT2D eigenvalue weighted by molar-refractivity contribution is 7.15. The molecule has 6 nitrogen and oxygen atoms in total. The number of aromatic nitrogens is 2. The van der Waals surface area contributed by atoms with E-state index in [0.717, 1.165) is 54.6 Å². The Labute approximate surface area is 172 Å². The second-order valence-corrected chi connectivity index (χ2v) is 8.92. The van der Waals surface area contributed by atoms with E-state index in [1.54, 1.807) is 11.3 Å². The lowest BCUT2D eigenvalue weighted by Crippen LogP contribution is -2.34. The molecule has 0 spiro atoms. The van der Waals surface area contributed by atoms with Crippen molar-refractivity contribution in [1.29, 1.82) is 0 Å². The van der Waals surface area contributed by atoms with Crippen LogP contribution in [0.2, 0.25) is 5.02 Å². The maximum Gasteiger partial charge on any atom is 0.257 e. The van der Waals surface area contributed by atoms with Crippen molar-refractivity contribution in [3.63, 3.8) is 0 Å². The molecule has 0 N–H and O–H groups in total. The van der Waals surface area contributed by atoms with Gasteiger partial charge in [-0.15, -0.1) is 21.5 Å². The topological polar surface area (TPSA) is 60.6 Å². The van der Waals surface area contributed by atoms with Gasteiger partial charge in [0.2, 0.25) is 12.7 Å². The molecule has 1 saturated heterocycles. The zero-order chi connectivity index (χ0) is 19.1. The van der Waals surface area contributed by atoms with E-state index in [1.807, 2.05) is 18.2 Å². The summed E-state index contributed by atoms with van der Waals surface area (Å²) < 4.78 is 16.9. The van der Waals surface area contributed by atoms with E-state index in [4.69, 9.17) is 25.5 Å². The second kappa shape index (κ2) is 7.39. The number of rotatable bonds is 4. The fraction of sp³-hybridized carbons (Fsp3) is 0.400. The highest BCUT2D eigenvalue weighted by Gasteiger charge is 2.27. The number of nitrogens with zero attached hydrogens (tertiary/aromatic N) is 3. The lowest BCUT2D eigenvalue weighted by molar-refractivity contribution is 0.173. The molecule has 0 aliphatic carbocycles. The number of piperidine rings is 1. The molecule has 2 aromatic heterocycles. The largest absolute Gasteiger partial charge is 0.454 e. The van der Waals surface area contributed by atoms with Crippen molar-refractivity contribution in [2.75, 3.05) is 19.9 Å². The first kappa shape index (κ1) is 18.0. The van der Waals surface area contributed by atoms with Gasteiger partial charge in [-0.2, -0.15) is 0 Å². The van der Waals surface area contributed by atoms with E-state index in [2.05, 4.69) is 28.1 Å². The van der Waals surface area contributed by atoms with Crippen LogP contribution in [0.5, 0.6) is 11.5 Å². The van der Waals surface area contributed by atoms with E-state index < -0.39 is 0 Å². The van der Waals surface area contributed by atoms with Crippen LogP contribution in [0.3, 0.4) is 0 Å². The van der Waals surface area contributed by atoms with E-state index in [1.165, 1.54) is 4.88 Å². The molecule has 0 bridgehead atoms. The maximum absolute atomic E-state index is 6.45. The molecule has 4 heterocycles. The van der Waals surface area contributed by atoms with Gasteiger partial charge in [-0.3, -0.25) is 4.90 Å². The number of hydrogen-bond acceptors (Lipinski definition) is 7. The average molecular weight is 418 g/mol. The summed E-state index contributed by atoms with van der Waals surface area (Å²) in [4.78, 5) is 4.65. The van der Waals surface area contributed by atoms with Crippen LogP contribution in [0, 0.1) is 6.92 Å². The third kappa shape index (κ3) is 3.50. The predicted octanol–water partition coefficient (Wildman–Crippen LogP) is 4.87. The minimum Gasteiger partial charge on any atom is -0.454 e. The van der Waals surface area contributed by atoms with Crippen LogP contribution in [0.1, 0.15) is 35.1 Å². The minimum atomic E-state index is 0.240. The summed E-state index contributed by atoms with van der Waals surface area (Å²) in [6, 6.07) is 7.93. The molecule has 1 atom stereocenters. The molecule has 8 heteroatoms. The van der Waals surface area contributed by atoms with Gasteiger partial charge in [-0.1, -0.05) is 11.6 Å². The molecule has 146 valence electrons. The number of likely N-dealkylation sites (tertiary alicyclic amines) is 1. The Morgan fingerprint density at radius 1 is 1.21 bits per heavy atom. The van der Waals surface area contributed by atoms with Crippen molar-refractivity contribution in [2.24, 2.45) is 0 Å². The number of thiophene rings is 1. The zero-order valence-corrected chi connectivity index (χ0v) is 17.1. The molecule has 2 aliphatic heterocycles. The van der Waals surface area contributed by atoms with Crippen LogP contribution in [0.15, 0.2) is 28.7 Å². The van der Waals surface area contributed by atoms with Crippen LogP contribution in [-0.2, 0) is 6.54 Å². The SMILES string of the molecule is Cc1ccc(-c2nnc(C3CCCN(Cc4cc5c(cc4Cl)OCO5)C3)o2)s1. The van der Waals surface area contributed by atoms with Crippen molar-refractivity contribution < 1.29 is 13.9 Å². The number of hydrogen-bond donors (Lipinski definition) is 0. The summed E-state index contributed by atoms with van der Waals surface area (Å²) in [7, 11) is 0. The maximum atomic E-state index is 6.45. The molecule has 28 heavy (non-hydrogen) atoms. The summed E-state index contributed by atoms with van der Waals surface area (Å²) in [5, 5.41) is 9.30. The highest BCUT2D eigenvalue weighted by atomic mass is 35.5. The zero-order valence-electron chi connectivity index (χ0n) is 15.5. The van der Waals surface area contributed by atoms with Crippen molar-refractivity contribution in [3.05, 3.63) is 45.6 Å². The molecule has 2 aliphatic rings. The van der Waals surface area contributed by atoms with Gasteiger partial charge in [0.15, 0.2) is 11.5 Å². The van der Waals surface area contributed by atoms with Crippen LogP contribution in [-0.4, -0.2) is 35.0 Å². The Kier molecular flexibility index (Phi) is 4.74. The van der Waals surface area contributed by atoms with Gasteiger partial charge in [0.1, 0.15) is 0 Å². The Morgan fingerprint density at radius 2 is 2.07 bits per heavy atom. The Morgan fingerprint density at radius 3 is 2.89 bits per heavy atom. The minimum absolute atomic E-state index is 0.240. The van der Waals surface area contributed by atoms with Gasteiger partial charge in [0.25, 0.3) is 5.89 Å². The monoisotopic (exact) mass is 417 g/mol. The van der Waals surface area contributed by atoms with Crippen LogP contribution in [0.25, 0.3) is 10.8 Å². The Balaban J connectivity index is 1.30. The van der Waals surface area contributed by atoms with Gasteiger partial charge < -0.3 is 13.9 Å². The van der Waals surface area contributed by atoms with Gasteiger partial charge in [-0.25, -0.2) is 0 Å². The molecular formula is C20H20ClN3O3S. The van der Waals surface area contributed by atoms with Crippen LogP contribution in [0.4, 0.5) is 0 Å². The van der Waals surface area contributed by atoms with Crippen molar-refractivity contribution in [2.45, 2.75) is 32.2 Å². The summed E-state index contributed by atoms with van der Waals surface area (Å²) in [5.41, 5.74) is 1.05. The molecular weight excluding hydrogens is 398 g/mol. The molecule has 1 aromatic carbocycles. The Bertz CT molecular complexity index is 1000. The van der Waals surface area contributed by atoms with E-state index in [-0.39, 0.29) is 12.7 Å². The summed E-state index contributed by atoms with van der Waals surface area (Å²) in [6.45, 7) is 4.98. The van der Waals surface area contributed by atoms with E-state index >= 15 is 0 Å². The molecule has 5 rings (SSSR count). The van der Waals surface area contributed by atoms with Crippen LogP contribution < -0.4 is 9.47 Å². The first-order chi connectivity index (χ1) is 13.7. The van der Waals surface area contributed by atoms with Crippen molar-refractivity contribution in [3.8, 4) is 22.3 Å². The molecule has 1 fully saturated rings. The number of halogens is 1. The van der Waals surface area contributed by atoms with Crippen molar-refractivity contribution >= 4 is 22.9 Å². The van der Waals surface area contributed by atoms with Gasteiger partial charge in [0.05, 0.1) is 10.8 Å². The lowest BCUT2D eigenvalue weighted by atomic mass is 9.97. The molecule has 0 amide bonds. The fourth-order valence-electron chi connectivity index (χ4n) is 3.77. The first-order valence-corrected chi connectivity index (χ1v) is 10.6. The van der Waals surface area contributed by atoms with E-state index in [0.29, 0.717) is 16.7 Å². The molecule has 0 radical (unpaired) electrons. The number of benzene rings is 1. The van der Waals surface area contributed by atoms with E-state index in [9.17, 15) is 0 Å². The van der Waals surface area contributed by atoms with Gasteiger partial charge in [0, 0.05) is 29.1 Å². The quantitative estimate of drug-likeness (QED) is 0.603. The molecule has 1 unspecified atom stereocenters. The van der Waals surface area contributed by atoms with Crippen LogP contribution >= 0.6 is 22.9 Å². The second-order valence-electron chi connectivity index (χ2n) is 7.23.